The number of halogens is 2. The molecule has 0 atom stereocenters. The van der Waals surface area contributed by atoms with Gasteiger partial charge in [0.05, 0.1) is 0 Å². The summed E-state index contributed by atoms with van der Waals surface area (Å²) in [7, 11) is 0. The first-order valence-corrected chi connectivity index (χ1v) is 6.01. The number of carbonyl (C=O) groups excluding carboxylic acids is 1. The van der Waals surface area contributed by atoms with Crippen LogP contribution in [0.15, 0.2) is 30.3 Å². The number of nitrogens with one attached hydrogen (secondary N) is 1. The molecule has 0 aliphatic rings. The van der Waals surface area contributed by atoms with Crippen LogP contribution >= 0.6 is 0 Å². The number of aryl methyl sites for hydroxylation is 2. The molecule has 5 heteroatoms. The van der Waals surface area contributed by atoms with Crippen LogP contribution in [0.5, 0.6) is 0 Å². The number of amides is 1. The molecule has 3 N–H and O–H groups in total. The SMILES string of the molecule is Cc1cc(C)c(NC(=O)c2cc(F)cc(F)c2)cc1N. The molecule has 2 aromatic rings. The maximum Gasteiger partial charge on any atom is 0.255 e. The normalized spacial score (nSPS) is 10.4. The Morgan fingerprint density at radius 2 is 1.60 bits per heavy atom. The minimum atomic E-state index is -0.796. The Morgan fingerprint density at radius 1 is 1.00 bits per heavy atom. The van der Waals surface area contributed by atoms with Crippen molar-refractivity contribution in [2.45, 2.75) is 13.8 Å². The van der Waals surface area contributed by atoms with Crippen LogP contribution < -0.4 is 11.1 Å². The number of anilines is 2. The molecule has 0 unspecified atom stereocenters. The smallest absolute Gasteiger partial charge is 0.255 e. The lowest BCUT2D eigenvalue weighted by atomic mass is 10.1. The topological polar surface area (TPSA) is 55.1 Å². The van der Waals surface area contributed by atoms with E-state index < -0.39 is 17.5 Å². The zero-order valence-electron chi connectivity index (χ0n) is 11.1. The first kappa shape index (κ1) is 14.0. The third kappa shape index (κ3) is 2.93. The van der Waals surface area contributed by atoms with Gasteiger partial charge in [-0.3, -0.25) is 4.79 Å². The zero-order chi connectivity index (χ0) is 14.9. The Balaban J connectivity index is 2.30. The third-order valence-corrected chi connectivity index (χ3v) is 2.99. The summed E-state index contributed by atoms with van der Waals surface area (Å²) in [6.45, 7) is 3.67. The number of hydrogen-bond acceptors (Lipinski definition) is 2. The lowest BCUT2D eigenvalue weighted by molar-refractivity contribution is 0.102. The highest BCUT2D eigenvalue weighted by molar-refractivity contribution is 6.04. The highest BCUT2D eigenvalue weighted by atomic mass is 19.1. The summed E-state index contributed by atoms with van der Waals surface area (Å²) in [4.78, 5) is 12.0. The quantitative estimate of drug-likeness (QED) is 0.826. The number of carbonyl (C=O) groups is 1. The fourth-order valence-corrected chi connectivity index (χ4v) is 1.88. The van der Waals surface area contributed by atoms with Gasteiger partial charge in [0.2, 0.25) is 0 Å². The van der Waals surface area contributed by atoms with Crippen molar-refractivity contribution in [1.29, 1.82) is 0 Å². The van der Waals surface area contributed by atoms with Crippen LogP contribution in [0, 0.1) is 25.5 Å². The van der Waals surface area contributed by atoms with Gasteiger partial charge in [-0.05, 0) is 43.2 Å². The second kappa shape index (κ2) is 5.28. The molecule has 0 saturated carbocycles. The molecule has 1 amide bonds. The van der Waals surface area contributed by atoms with E-state index in [2.05, 4.69) is 5.32 Å². The minimum Gasteiger partial charge on any atom is -0.398 e. The van der Waals surface area contributed by atoms with E-state index in [-0.39, 0.29) is 5.56 Å². The number of benzene rings is 2. The van der Waals surface area contributed by atoms with Crippen LogP contribution in [0.3, 0.4) is 0 Å². The molecule has 0 heterocycles. The van der Waals surface area contributed by atoms with Gasteiger partial charge in [-0.2, -0.15) is 0 Å². The Morgan fingerprint density at radius 3 is 2.20 bits per heavy atom. The molecule has 0 aliphatic carbocycles. The average molecular weight is 276 g/mol. The monoisotopic (exact) mass is 276 g/mol. The van der Waals surface area contributed by atoms with E-state index in [4.69, 9.17) is 5.73 Å². The van der Waals surface area contributed by atoms with Crippen molar-refractivity contribution in [3.05, 3.63) is 58.7 Å². The number of rotatable bonds is 2. The molecule has 0 radical (unpaired) electrons. The minimum absolute atomic E-state index is 0.0824. The maximum absolute atomic E-state index is 13.1. The summed E-state index contributed by atoms with van der Waals surface area (Å²) >= 11 is 0. The number of nitrogens with two attached hydrogens (primary N) is 1. The largest absolute Gasteiger partial charge is 0.398 e. The Kier molecular flexibility index (Phi) is 3.70. The molecule has 0 aromatic heterocycles. The van der Waals surface area contributed by atoms with Gasteiger partial charge in [0.15, 0.2) is 0 Å². The first-order valence-electron chi connectivity index (χ1n) is 6.01. The standard InChI is InChI=1S/C15H14F2N2O/c1-8-3-9(2)14(7-13(8)18)19-15(20)10-4-11(16)6-12(17)5-10/h3-7H,18H2,1-2H3,(H,19,20). The lowest BCUT2D eigenvalue weighted by Crippen LogP contribution is -2.14. The van der Waals surface area contributed by atoms with Gasteiger partial charge in [-0.25, -0.2) is 8.78 Å². The lowest BCUT2D eigenvalue weighted by Gasteiger charge is -2.11. The van der Waals surface area contributed by atoms with Crippen molar-refractivity contribution in [3.8, 4) is 0 Å². The maximum atomic E-state index is 13.1. The molecule has 3 nitrogen and oxygen atoms in total. The summed E-state index contributed by atoms with van der Waals surface area (Å²) in [6, 6.07) is 6.12. The second-order valence-corrected chi connectivity index (χ2v) is 4.64. The fourth-order valence-electron chi connectivity index (χ4n) is 1.88. The van der Waals surface area contributed by atoms with E-state index in [0.717, 1.165) is 23.3 Å². The highest BCUT2D eigenvalue weighted by Gasteiger charge is 2.11. The molecule has 0 bridgehead atoms. The molecule has 2 rings (SSSR count). The molecular weight excluding hydrogens is 262 g/mol. The molecule has 104 valence electrons. The highest BCUT2D eigenvalue weighted by Crippen LogP contribution is 2.23. The van der Waals surface area contributed by atoms with Crippen molar-refractivity contribution in [3.63, 3.8) is 0 Å². The van der Waals surface area contributed by atoms with Gasteiger partial charge in [0, 0.05) is 23.0 Å². The summed E-state index contributed by atoms with van der Waals surface area (Å²) in [5, 5.41) is 2.60. The molecule has 0 spiro atoms. The van der Waals surface area contributed by atoms with Crippen molar-refractivity contribution in [1.82, 2.24) is 0 Å². The van der Waals surface area contributed by atoms with Crippen LogP contribution in [0.25, 0.3) is 0 Å². The molecule has 2 aromatic carbocycles. The fraction of sp³-hybridized carbons (Fsp3) is 0.133. The van der Waals surface area contributed by atoms with Crippen molar-refractivity contribution in [2.75, 3.05) is 11.1 Å². The van der Waals surface area contributed by atoms with Crippen LogP contribution in [0.2, 0.25) is 0 Å². The van der Waals surface area contributed by atoms with Gasteiger partial charge in [0.1, 0.15) is 11.6 Å². The molecule has 20 heavy (non-hydrogen) atoms. The summed E-state index contributed by atoms with van der Waals surface area (Å²) in [5.74, 6) is -2.18. The molecule has 0 fully saturated rings. The van der Waals surface area contributed by atoms with Gasteiger partial charge < -0.3 is 11.1 Å². The van der Waals surface area contributed by atoms with Gasteiger partial charge in [-0.15, -0.1) is 0 Å². The van der Waals surface area contributed by atoms with Crippen molar-refractivity contribution in [2.24, 2.45) is 0 Å². The van der Waals surface area contributed by atoms with E-state index in [9.17, 15) is 13.6 Å². The Labute approximate surface area is 115 Å². The summed E-state index contributed by atoms with van der Waals surface area (Å²) in [6.07, 6.45) is 0. The average Bonchev–Trinajstić information content (AvgIpc) is 2.34. The Bertz CT molecular complexity index is 664. The zero-order valence-corrected chi connectivity index (χ0v) is 11.1. The molecule has 0 aliphatic heterocycles. The Hall–Kier alpha value is -2.43. The molecule has 0 saturated heterocycles. The predicted molar refractivity (Wildman–Crippen MR) is 74.6 cm³/mol. The summed E-state index contributed by atoms with van der Waals surface area (Å²) in [5.41, 5.74) is 8.47. The van der Waals surface area contributed by atoms with Crippen LogP contribution in [0.4, 0.5) is 20.2 Å². The van der Waals surface area contributed by atoms with Crippen LogP contribution in [-0.2, 0) is 0 Å². The van der Waals surface area contributed by atoms with Gasteiger partial charge in [-0.1, -0.05) is 6.07 Å². The second-order valence-electron chi connectivity index (χ2n) is 4.64. The van der Waals surface area contributed by atoms with Gasteiger partial charge in [0.25, 0.3) is 5.91 Å². The summed E-state index contributed by atoms with van der Waals surface area (Å²) < 4.78 is 26.2. The van der Waals surface area contributed by atoms with Gasteiger partial charge >= 0.3 is 0 Å². The van der Waals surface area contributed by atoms with E-state index in [0.29, 0.717) is 17.4 Å². The van der Waals surface area contributed by atoms with Crippen molar-refractivity contribution < 1.29 is 13.6 Å². The van der Waals surface area contributed by atoms with E-state index >= 15 is 0 Å². The van der Waals surface area contributed by atoms with Crippen LogP contribution in [-0.4, -0.2) is 5.91 Å². The van der Waals surface area contributed by atoms with E-state index in [1.54, 1.807) is 6.07 Å². The number of hydrogen-bond donors (Lipinski definition) is 2. The third-order valence-electron chi connectivity index (χ3n) is 2.99. The van der Waals surface area contributed by atoms with E-state index in [1.807, 2.05) is 19.9 Å². The first-order chi connectivity index (χ1) is 9.36. The van der Waals surface area contributed by atoms with Crippen LogP contribution in [0.1, 0.15) is 21.5 Å². The molecular formula is C15H14F2N2O. The van der Waals surface area contributed by atoms with Crippen molar-refractivity contribution >= 4 is 17.3 Å². The number of nitrogen functional groups attached to an aromatic ring is 1. The van der Waals surface area contributed by atoms with E-state index in [1.165, 1.54) is 0 Å². The predicted octanol–water partition coefficient (Wildman–Crippen LogP) is 3.42.